The Morgan fingerprint density at radius 2 is 2.06 bits per heavy atom. The van der Waals surface area contributed by atoms with Gasteiger partial charge < -0.3 is 10.5 Å². The van der Waals surface area contributed by atoms with E-state index in [0.29, 0.717) is 0 Å². The average molecular weight is 219 g/mol. The lowest BCUT2D eigenvalue weighted by molar-refractivity contribution is -0.0897. The number of hydrogen-bond donors (Lipinski definition) is 1. The molecule has 1 aliphatic rings. The molecule has 88 valence electrons. The molecule has 1 unspecified atom stereocenters. The second kappa shape index (κ2) is 4.56. The van der Waals surface area contributed by atoms with Crippen molar-refractivity contribution < 1.29 is 4.74 Å². The van der Waals surface area contributed by atoms with Crippen LogP contribution in [0.1, 0.15) is 30.4 Å². The predicted octanol–water partition coefficient (Wildman–Crippen LogP) is 2.43. The summed E-state index contributed by atoms with van der Waals surface area (Å²) in [6, 6.07) is 8.57. The maximum atomic E-state index is 6.30. The van der Waals surface area contributed by atoms with Crippen molar-refractivity contribution in [2.24, 2.45) is 5.73 Å². The van der Waals surface area contributed by atoms with Crippen LogP contribution in [0.4, 0.5) is 0 Å². The SMILES string of the molecule is COC1(C(N)Cc2ccccc2C)CCC1. The fourth-order valence-corrected chi connectivity index (χ4v) is 2.51. The van der Waals surface area contributed by atoms with Crippen molar-refractivity contribution in [3.05, 3.63) is 35.4 Å². The van der Waals surface area contributed by atoms with Crippen LogP contribution >= 0.6 is 0 Å². The highest BCUT2D eigenvalue weighted by atomic mass is 16.5. The van der Waals surface area contributed by atoms with Gasteiger partial charge in [-0.3, -0.25) is 0 Å². The molecule has 1 aromatic carbocycles. The fourth-order valence-electron chi connectivity index (χ4n) is 2.51. The summed E-state index contributed by atoms with van der Waals surface area (Å²) in [6.45, 7) is 2.14. The topological polar surface area (TPSA) is 35.2 Å². The van der Waals surface area contributed by atoms with E-state index in [1.165, 1.54) is 17.5 Å². The van der Waals surface area contributed by atoms with Gasteiger partial charge in [-0.05, 0) is 43.7 Å². The maximum Gasteiger partial charge on any atom is 0.0832 e. The Kier molecular flexibility index (Phi) is 3.31. The summed E-state index contributed by atoms with van der Waals surface area (Å²) in [5.41, 5.74) is 8.92. The Morgan fingerprint density at radius 1 is 1.38 bits per heavy atom. The lowest BCUT2D eigenvalue weighted by Gasteiger charge is -2.45. The van der Waals surface area contributed by atoms with Crippen molar-refractivity contribution in [3.8, 4) is 0 Å². The van der Waals surface area contributed by atoms with E-state index < -0.39 is 0 Å². The molecule has 16 heavy (non-hydrogen) atoms. The van der Waals surface area contributed by atoms with Gasteiger partial charge in [0.15, 0.2) is 0 Å². The first kappa shape index (κ1) is 11.6. The van der Waals surface area contributed by atoms with E-state index in [1.54, 1.807) is 7.11 Å². The van der Waals surface area contributed by atoms with Gasteiger partial charge in [-0.1, -0.05) is 24.3 Å². The zero-order valence-electron chi connectivity index (χ0n) is 10.2. The molecule has 0 heterocycles. The first-order chi connectivity index (χ1) is 7.68. The number of rotatable bonds is 4. The molecule has 1 fully saturated rings. The van der Waals surface area contributed by atoms with E-state index in [-0.39, 0.29) is 11.6 Å². The van der Waals surface area contributed by atoms with E-state index in [9.17, 15) is 0 Å². The molecule has 0 aliphatic heterocycles. The van der Waals surface area contributed by atoms with Gasteiger partial charge in [0.1, 0.15) is 0 Å². The molecule has 0 bridgehead atoms. The molecule has 2 N–H and O–H groups in total. The maximum absolute atomic E-state index is 6.30. The molecule has 1 atom stereocenters. The molecule has 0 aromatic heterocycles. The van der Waals surface area contributed by atoms with Crippen molar-refractivity contribution in [2.45, 2.75) is 44.2 Å². The Morgan fingerprint density at radius 3 is 2.56 bits per heavy atom. The van der Waals surface area contributed by atoms with Crippen LogP contribution < -0.4 is 5.73 Å². The van der Waals surface area contributed by atoms with Gasteiger partial charge >= 0.3 is 0 Å². The second-order valence-electron chi connectivity index (χ2n) is 4.86. The summed E-state index contributed by atoms with van der Waals surface area (Å²) in [6.07, 6.45) is 4.38. The largest absolute Gasteiger partial charge is 0.377 e. The normalized spacial score (nSPS) is 20.2. The molecule has 2 nitrogen and oxygen atoms in total. The minimum atomic E-state index is -0.0533. The van der Waals surface area contributed by atoms with Crippen molar-refractivity contribution in [3.63, 3.8) is 0 Å². The van der Waals surface area contributed by atoms with Crippen LogP contribution in [0.2, 0.25) is 0 Å². The van der Waals surface area contributed by atoms with Crippen LogP contribution in [-0.4, -0.2) is 18.8 Å². The molecule has 1 aromatic rings. The third-order valence-corrected chi connectivity index (χ3v) is 3.98. The summed E-state index contributed by atoms with van der Waals surface area (Å²) in [4.78, 5) is 0. The lowest BCUT2D eigenvalue weighted by Crippen LogP contribution is -2.55. The van der Waals surface area contributed by atoms with Crippen LogP contribution in [0.25, 0.3) is 0 Å². The van der Waals surface area contributed by atoms with Crippen molar-refractivity contribution in [1.82, 2.24) is 0 Å². The quantitative estimate of drug-likeness (QED) is 0.844. The Balaban J connectivity index is 2.07. The van der Waals surface area contributed by atoms with Crippen molar-refractivity contribution in [2.75, 3.05) is 7.11 Å². The van der Waals surface area contributed by atoms with Crippen LogP contribution in [0.3, 0.4) is 0 Å². The highest BCUT2D eigenvalue weighted by Gasteiger charge is 2.42. The van der Waals surface area contributed by atoms with Gasteiger partial charge in [0, 0.05) is 13.2 Å². The summed E-state index contributed by atoms with van der Waals surface area (Å²) >= 11 is 0. The van der Waals surface area contributed by atoms with E-state index in [1.807, 2.05) is 0 Å². The summed E-state index contributed by atoms with van der Waals surface area (Å²) < 4.78 is 5.62. The number of aryl methyl sites for hydroxylation is 1. The van der Waals surface area contributed by atoms with Gasteiger partial charge in [-0.2, -0.15) is 0 Å². The minimum absolute atomic E-state index is 0.0533. The highest BCUT2D eigenvalue weighted by molar-refractivity contribution is 5.27. The number of ether oxygens (including phenoxy) is 1. The fraction of sp³-hybridized carbons (Fsp3) is 0.571. The second-order valence-corrected chi connectivity index (χ2v) is 4.86. The predicted molar refractivity (Wildman–Crippen MR) is 66.4 cm³/mol. The van der Waals surface area contributed by atoms with Gasteiger partial charge in [-0.15, -0.1) is 0 Å². The highest BCUT2D eigenvalue weighted by Crippen LogP contribution is 2.38. The van der Waals surface area contributed by atoms with Crippen LogP contribution in [-0.2, 0) is 11.2 Å². The van der Waals surface area contributed by atoms with Gasteiger partial charge in [0.05, 0.1) is 5.60 Å². The van der Waals surface area contributed by atoms with Gasteiger partial charge in [-0.25, -0.2) is 0 Å². The average Bonchev–Trinajstić information content (AvgIpc) is 2.21. The van der Waals surface area contributed by atoms with E-state index >= 15 is 0 Å². The third kappa shape index (κ3) is 2.00. The van der Waals surface area contributed by atoms with Crippen LogP contribution in [0, 0.1) is 6.92 Å². The van der Waals surface area contributed by atoms with E-state index in [4.69, 9.17) is 10.5 Å². The standard InChI is InChI=1S/C14H21NO/c1-11-6-3-4-7-12(11)10-13(15)14(16-2)8-5-9-14/h3-4,6-7,13H,5,8-10,15H2,1-2H3. The summed E-state index contributed by atoms with van der Waals surface area (Å²) in [5, 5.41) is 0. The Labute approximate surface area is 97.8 Å². The molecular weight excluding hydrogens is 198 g/mol. The number of hydrogen-bond acceptors (Lipinski definition) is 2. The zero-order chi connectivity index (χ0) is 11.6. The molecular formula is C14H21NO. The number of methoxy groups -OCH3 is 1. The molecule has 2 heteroatoms. The first-order valence-corrected chi connectivity index (χ1v) is 6.03. The molecule has 0 radical (unpaired) electrons. The molecule has 1 saturated carbocycles. The zero-order valence-corrected chi connectivity index (χ0v) is 10.2. The monoisotopic (exact) mass is 219 g/mol. The lowest BCUT2D eigenvalue weighted by atomic mass is 9.73. The molecule has 0 amide bonds. The Hall–Kier alpha value is -0.860. The number of nitrogens with two attached hydrogens (primary N) is 1. The van der Waals surface area contributed by atoms with Gasteiger partial charge in [0.2, 0.25) is 0 Å². The molecule has 1 aliphatic carbocycles. The van der Waals surface area contributed by atoms with Gasteiger partial charge in [0.25, 0.3) is 0 Å². The third-order valence-electron chi connectivity index (χ3n) is 3.98. The molecule has 0 saturated heterocycles. The first-order valence-electron chi connectivity index (χ1n) is 6.03. The van der Waals surface area contributed by atoms with Crippen molar-refractivity contribution in [1.29, 1.82) is 0 Å². The van der Waals surface area contributed by atoms with Crippen LogP contribution in [0.5, 0.6) is 0 Å². The van der Waals surface area contributed by atoms with Crippen LogP contribution in [0.15, 0.2) is 24.3 Å². The van der Waals surface area contributed by atoms with E-state index in [0.717, 1.165) is 19.3 Å². The molecule has 0 spiro atoms. The molecule has 2 rings (SSSR count). The smallest absolute Gasteiger partial charge is 0.0832 e. The van der Waals surface area contributed by atoms with E-state index in [2.05, 4.69) is 31.2 Å². The Bertz CT molecular complexity index is 352. The summed E-state index contributed by atoms with van der Waals surface area (Å²) in [7, 11) is 1.79. The number of benzene rings is 1. The summed E-state index contributed by atoms with van der Waals surface area (Å²) in [5.74, 6) is 0. The van der Waals surface area contributed by atoms with Crippen molar-refractivity contribution >= 4 is 0 Å². The minimum Gasteiger partial charge on any atom is -0.377 e.